The summed E-state index contributed by atoms with van der Waals surface area (Å²) in [5, 5.41) is 23.1. The minimum Gasteiger partial charge on any atom is -0.320 e. The van der Waals surface area contributed by atoms with E-state index >= 15 is 0 Å². The molecule has 0 fully saturated rings. The first-order chi connectivity index (χ1) is 12.5. The summed E-state index contributed by atoms with van der Waals surface area (Å²) in [6.07, 6.45) is 0.647. The van der Waals surface area contributed by atoms with Gasteiger partial charge in [-0.15, -0.1) is 16.4 Å². The second-order valence-electron chi connectivity index (χ2n) is 5.08. The number of H-pyrrole nitrogens is 1. The molecule has 11 heteroatoms. The fourth-order valence-electron chi connectivity index (χ4n) is 2.08. The Balaban J connectivity index is 1.56. The molecule has 26 heavy (non-hydrogen) atoms. The number of hydrogen-bond donors (Lipinski definition) is 2. The average Bonchev–Trinajstić information content (AvgIpc) is 3.27. The summed E-state index contributed by atoms with van der Waals surface area (Å²) in [6.45, 7) is 0. The van der Waals surface area contributed by atoms with Gasteiger partial charge in [0.2, 0.25) is 11.1 Å². The van der Waals surface area contributed by atoms with E-state index in [4.69, 9.17) is 11.6 Å². The van der Waals surface area contributed by atoms with E-state index in [-0.39, 0.29) is 22.2 Å². The number of thiophene rings is 1. The highest BCUT2D eigenvalue weighted by Gasteiger charge is 2.17. The summed E-state index contributed by atoms with van der Waals surface area (Å²) in [7, 11) is 0. The molecule has 3 rings (SSSR count). The summed E-state index contributed by atoms with van der Waals surface area (Å²) >= 11 is 8.52. The number of nitrogens with one attached hydrogen (secondary N) is 2. The van der Waals surface area contributed by atoms with Gasteiger partial charge in [-0.05, 0) is 23.6 Å². The fraction of sp³-hybridized carbons (Fsp3) is 0.133. The van der Waals surface area contributed by atoms with E-state index < -0.39 is 10.8 Å². The lowest BCUT2D eigenvalue weighted by atomic mass is 10.2. The number of thioether (sulfide) groups is 1. The molecule has 0 unspecified atom stereocenters. The van der Waals surface area contributed by atoms with Gasteiger partial charge in [-0.2, -0.15) is 0 Å². The molecular weight excluding hydrogens is 398 g/mol. The van der Waals surface area contributed by atoms with Crippen molar-refractivity contribution in [1.82, 2.24) is 15.2 Å². The van der Waals surface area contributed by atoms with E-state index in [0.29, 0.717) is 17.4 Å². The number of aromatic nitrogens is 3. The van der Waals surface area contributed by atoms with Crippen LogP contribution >= 0.6 is 34.7 Å². The first kappa shape index (κ1) is 18.4. The number of benzene rings is 1. The molecule has 134 valence electrons. The van der Waals surface area contributed by atoms with Crippen LogP contribution in [0.25, 0.3) is 0 Å². The lowest BCUT2D eigenvalue weighted by molar-refractivity contribution is -0.383. The van der Waals surface area contributed by atoms with E-state index in [0.717, 1.165) is 16.6 Å². The van der Waals surface area contributed by atoms with Crippen molar-refractivity contribution in [2.45, 2.75) is 11.6 Å². The van der Waals surface area contributed by atoms with Crippen molar-refractivity contribution in [2.75, 3.05) is 11.1 Å². The molecule has 0 aliphatic rings. The van der Waals surface area contributed by atoms with Crippen molar-refractivity contribution in [3.8, 4) is 0 Å². The van der Waals surface area contributed by atoms with Crippen LogP contribution in [0.15, 0.2) is 40.9 Å². The second-order valence-corrected chi connectivity index (χ2v) is 7.49. The molecule has 0 aliphatic carbocycles. The highest BCUT2D eigenvalue weighted by Crippen LogP contribution is 2.28. The van der Waals surface area contributed by atoms with E-state index in [1.54, 1.807) is 11.3 Å². The number of aromatic amines is 1. The third-order valence-corrected chi connectivity index (χ3v) is 5.15. The quantitative estimate of drug-likeness (QED) is 0.349. The number of anilines is 1. The van der Waals surface area contributed by atoms with Crippen LogP contribution in [0.2, 0.25) is 5.02 Å². The molecule has 3 aromatic rings. The SMILES string of the molecule is O=C(CSc1n[nH]c(Cc2cccs2)n1)Nc1ccc(Cl)cc1[N+](=O)[O-]. The molecule has 2 aromatic heterocycles. The molecule has 0 saturated heterocycles. The van der Waals surface area contributed by atoms with Crippen LogP contribution < -0.4 is 5.32 Å². The maximum Gasteiger partial charge on any atom is 0.294 e. The number of nitro benzene ring substituents is 1. The highest BCUT2D eigenvalue weighted by atomic mass is 35.5. The van der Waals surface area contributed by atoms with Crippen molar-refractivity contribution < 1.29 is 9.72 Å². The van der Waals surface area contributed by atoms with E-state index in [2.05, 4.69) is 20.5 Å². The van der Waals surface area contributed by atoms with Crippen molar-refractivity contribution in [3.63, 3.8) is 0 Å². The number of hydrogen-bond acceptors (Lipinski definition) is 7. The van der Waals surface area contributed by atoms with Gasteiger partial charge in [-0.3, -0.25) is 20.0 Å². The Morgan fingerprint density at radius 1 is 1.42 bits per heavy atom. The zero-order valence-corrected chi connectivity index (χ0v) is 15.5. The van der Waals surface area contributed by atoms with Crippen LogP contribution in [-0.4, -0.2) is 31.8 Å². The zero-order chi connectivity index (χ0) is 18.5. The first-order valence-corrected chi connectivity index (χ1v) is 9.56. The maximum atomic E-state index is 12.1. The lowest BCUT2D eigenvalue weighted by Crippen LogP contribution is -2.15. The van der Waals surface area contributed by atoms with Gasteiger partial charge in [0, 0.05) is 22.4 Å². The topological polar surface area (TPSA) is 114 Å². The predicted molar refractivity (Wildman–Crippen MR) is 101 cm³/mol. The predicted octanol–water partition coefficient (Wildman–Crippen LogP) is 3.75. The van der Waals surface area contributed by atoms with Crippen molar-refractivity contribution in [2.24, 2.45) is 0 Å². The molecule has 0 aliphatic heterocycles. The summed E-state index contributed by atoms with van der Waals surface area (Å²) in [6, 6.07) is 8.04. The molecule has 0 saturated carbocycles. The summed E-state index contributed by atoms with van der Waals surface area (Å²) in [4.78, 5) is 28.0. The number of rotatable bonds is 7. The van der Waals surface area contributed by atoms with E-state index in [1.807, 2.05) is 17.5 Å². The Morgan fingerprint density at radius 3 is 3.00 bits per heavy atom. The number of nitro groups is 1. The minimum absolute atomic E-state index is 0.0239. The third kappa shape index (κ3) is 4.81. The zero-order valence-electron chi connectivity index (χ0n) is 13.1. The largest absolute Gasteiger partial charge is 0.320 e. The van der Waals surface area contributed by atoms with Gasteiger partial charge >= 0.3 is 0 Å². The normalized spacial score (nSPS) is 10.7. The fourth-order valence-corrected chi connectivity index (χ4v) is 3.57. The third-order valence-electron chi connectivity index (χ3n) is 3.20. The van der Waals surface area contributed by atoms with Gasteiger partial charge < -0.3 is 5.32 Å². The Kier molecular flexibility index (Phi) is 5.86. The Morgan fingerprint density at radius 2 is 2.27 bits per heavy atom. The first-order valence-electron chi connectivity index (χ1n) is 7.31. The van der Waals surface area contributed by atoms with Crippen LogP contribution in [0, 0.1) is 10.1 Å². The second kappa shape index (κ2) is 8.30. The number of nitrogens with zero attached hydrogens (tertiary/aromatic N) is 3. The monoisotopic (exact) mass is 409 g/mol. The molecule has 0 bridgehead atoms. The summed E-state index contributed by atoms with van der Waals surface area (Å²) in [5.41, 5.74) is -0.162. The molecule has 0 spiro atoms. The molecule has 2 N–H and O–H groups in total. The van der Waals surface area contributed by atoms with Gasteiger partial charge in [-0.25, -0.2) is 4.98 Å². The molecule has 0 radical (unpaired) electrons. The number of carbonyl (C=O) groups excluding carboxylic acids is 1. The van der Waals surface area contributed by atoms with Crippen LogP contribution in [0.4, 0.5) is 11.4 Å². The minimum atomic E-state index is -0.596. The smallest absolute Gasteiger partial charge is 0.294 e. The molecule has 0 atom stereocenters. The molecular formula is C15H12ClN5O3S2. The van der Waals surface area contributed by atoms with Gasteiger partial charge in [0.15, 0.2) is 0 Å². The van der Waals surface area contributed by atoms with Crippen molar-refractivity contribution in [1.29, 1.82) is 0 Å². The average molecular weight is 410 g/mol. The highest BCUT2D eigenvalue weighted by molar-refractivity contribution is 7.99. The van der Waals surface area contributed by atoms with Crippen LogP contribution in [-0.2, 0) is 11.2 Å². The Hall–Kier alpha value is -2.43. The van der Waals surface area contributed by atoms with Crippen LogP contribution in [0.1, 0.15) is 10.7 Å². The van der Waals surface area contributed by atoms with Crippen molar-refractivity contribution in [3.05, 3.63) is 61.6 Å². The summed E-state index contributed by atoms with van der Waals surface area (Å²) in [5.74, 6) is 0.338. The van der Waals surface area contributed by atoms with Gasteiger partial charge in [0.05, 0.1) is 10.7 Å². The number of amides is 1. The summed E-state index contributed by atoms with van der Waals surface area (Å²) < 4.78 is 0. The number of halogens is 1. The van der Waals surface area contributed by atoms with Gasteiger partial charge in [0.1, 0.15) is 11.5 Å². The molecule has 8 nitrogen and oxygen atoms in total. The van der Waals surface area contributed by atoms with Crippen LogP contribution in [0.5, 0.6) is 0 Å². The van der Waals surface area contributed by atoms with Crippen molar-refractivity contribution >= 4 is 52.0 Å². The molecule has 1 aromatic carbocycles. The van der Waals surface area contributed by atoms with Gasteiger partial charge in [0.25, 0.3) is 5.69 Å². The van der Waals surface area contributed by atoms with E-state index in [1.165, 1.54) is 18.2 Å². The standard InChI is InChI=1S/C15H12ClN5O3S2/c16-9-3-4-11(12(6-9)21(23)24)17-14(22)8-26-15-18-13(19-20-15)7-10-2-1-5-25-10/h1-6H,7-8H2,(H,17,22)(H,18,19,20). The lowest BCUT2D eigenvalue weighted by Gasteiger charge is -2.05. The Labute approximate surface area is 161 Å². The Bertz CT molecular complexity index is 929. The molecule has 2 heterocycles. The molecule has 1 amide bonds. The number of carbonyl (C=O) groups is 1. The van der Waals surface area contributed by atoms with Crippen LogP contribution in [0.3, 0.4) is 0 Å². The van der Waals surface area contributed by atoms with E-state index in [9.17, 15) is 14.9 Å². The maximum absolute atomic E-state index is 12.1. The van der Waals surface area contributed by atoms with Gasteiger partial charge in [-0.1, -0.05) is 29.4 Å².